The lowest BCUT2D eigenvalue weighted by atomic mass is 10.2. The monoisotopic (exact) mass is 261 g/mol. The van der Waals surface area contributed by atoms with E-state index < -0.39 is 0 Å². The van der Waals surface area contributed by atoms with E-state index in [1.165, 1.54) is 0 Å². The molecular formula is C9H9BrClNO. The molecule has 0 spiro atoms. The van der Waals surface area contributed by atoms with Crippen molar-refractivity contribution in [2.45, 2.75) is 6.04 Å². The van der Waals surface area contributed by atoms with Gasteiger partial charge in [-0.15, -0.1) is 0 Å². The van der Waals surface area contributed by atoms with Crippen molar-refractivity contribution < 1.29 is 4.74 Å². The highest BCUT2D eigenvalue weighted by Crippen LogP contribution is 2.26. The summed E-state index contributed by atoms with van der Waals surface area (Å²) in [5.41, 5.74) is 0.971. The fourth-order valence-corrected chi connectivity index (χ4v) is 1.87. The Morgan fingerprint density at radius 3 is 2.77 bits per heavy atom. The van der Waals surface area contributed by atoms with Crippen LogP contribution in [0.5, 0.6) is 0 Å². The lowest BCUT2D eigenvalue weighted by Crippen LogP contribution is -2.40. The Hall–Kier alpha value is -0.250. The third-order valence-electron chi connectivity index (χ3n) is 1.93. The minimum absolute atomic E-state index is 0.415. The van der Waals surface area contributed by atoms with Crippen molar-refractivity contribution >= 4 is 33.2 Å². The SMILES string of the molecule is Clc1cc(Br)ccc1NC1COC1. The molecule has 0 aliphatic carbocycles. The summed E-state index contributed by atoms with van der Waals surface area (Å²) in [6.45, 7) is 1.54. The van der Waals surface area contributed by atoms with E-state index in [1.807, 2.05) is 18.2 Å². The Bertz CT molecular complexity index is 314. The van der Waals surface area contributed by atoms with E-state index in [9.17, 15) is 0 Å². The van der Waals surface area contributed by atoms with Crippen LogP contribution in [-0.4, -0.2) is 19.3 Å². The van der Waals surface area contributed by atoms with Gasteiger partial charge in [0.2, 0.25) is 0 Å². The largest absolute Gasteiger partial charge is 0.377 e. The predicted molar refractivity (Wildman–Crippen MR) is 57.4 cm³/mol. The summed E-state index contributed by atoms with van der Waals surface area (Å²) in [4.78, 5) is 0. The van der Waals surface area contributed by atoms with Crippen LogP contribution in [0.15, 0.2) is 22.7 Å². The van der Waals surface area contributed by atoms with E-state index in [0.29, 0.717) is 6.04 Å². The van der Waals surface area contributed by atoms with Gasteiger partial charge in [0.05, 0.1) is 30.0 Å². The van der Waals surface area contributed by atoms with Gasteiger partial charge in [-0.2, -0.15) is 0 Å². The molecule has 0 unspecified atom stereocenters. The first-order valence-electron chi connectivity index (χ1n) is 4.05. The van der Waals surface area contributed by atoms with Gasteiger partial charge >= 0.3 is 0 Å². The van der Waals surface area contributed by atoms with Gasteiger partial charge in [-0.1, -0.05) is 27.5 Å². The van der Waals surface area contributed by atoms with Crippen LogP contribution in [0.3, 0.4) is 0 Å². The van der Waals surface area contributed by atoms with Gasteiger partial charge in [0, 0.05) is 4.47 Å². The number of hydrogen-bond acceptors (Lipinski definition) is 2. The highest BCUT2D eigenvalue weighted by Gasteiger charge is 2.18. The molecular weight excluding hydrogens is 253 g/mol. The molecule has 2 nitrogen and oxygen atoms in total. The van der Waals surface area contributed by atoms with Gasteiger partial charge in [0.1, 0.15) is 0 Å². The molecule has 1 heterocycles. The van der Waals surface area contributed by atoms with Crippen molar-refractivity contribution in [3.63, 3.8) is 0 Å². The van der Waals surface area contributed by atoms with Crippen LogP contribution in [0.2, 0.25) is 5.02 Å². The van der Waals surface area contributed by atoms with Crippen LogP contribution < -0.4 is 5.32 Å². The van der Waals surface area contributed by atoms with Crippen LogP contribution in [0.1, 0.15) is 0 Å². The lowest BCUT2D eigenvalue weighted by molar-refractivity contribution is 0.0211. The van der Waals surface area contributed by atoms with E-state index in [1.54, 1.807) is 0 Å². The fourth-order valence-electron chi connectivity index (χ4n) is 1.15. The summed E-state index contributed by atoms with van der Waals surface area (Å²) in [5.74, 6) is 0. The quantitative estimate of drug-likeness (QED) is 0.885. The minimum atomic E-state index is 0.415. The number of ether oxygens (including phenoxy) is 1. The zero-order valence-electron chi connectivity index (χ0n) is 6.89. The highest BCUT2D eigenvalue weighted by atomic mass is 79.9. The molecule has 70 valence electrons. The van der Waals surface area contributed by atoms with Gasteiger partial charge in [-0.25, -0.2) is 0 Å². The van der Waals surface area contributed by atoms with Gasteiger partial charge in [-0.3, -0.25) is 0 Å². The molecule has 1 fully saturated rings. The molecule has 0 atom stereocenters. The second kappa shape index (κ2) is 3.86. The summed E-state index contributed by atoms with van der Waals surface area (Å²) in [7, 11) is 0. The van der Waals surface area contributed by atoms with Gasteiger partial charge in [0.25, 0.3) is 0 Å². The maximum atomic E-state index is 6.02. The van der Waals surface area contributed by atoms with Crippen molar-refractivity contribution in [2.24, 2.45) is 0 Å². The van der Waals surface area contributed by atoms with Crippen LogP contribution in [0, 0.1) is 0 Å². The Balaban J connectivity index is 2.10. The van der Waals surface area contributed by atoms with Crippen LogP contribution in [0.4, 0.5) is 5.69 Å². The molecule has 0 radical (unpaired) electrons. The van der Waals surface area contributed by atoms with Gasteiger partial charge in [0.15, 0.2) is 0 Å². The number of hydrogen-bond donors (Lipinski definition) is 1. The van der Waals surface area contributed by atoms with E-state index in [2.05, 4.69) is 21.2 Å². The number of halogens is 2. The van der Waals surface area contributed by atoms with Gasteiger partial charge in [-0.05, 0) is 18.2 Å². The summed E-state index contributed by atoms with van der Waals surface area (Å²) >= 11 is 9.38. The summed E-state index contributed by atoms with van der Waals surface area (Å²) < 4.78 is 6.05. The number of anilines is 1. The average molecular weight is 263 g/mol. The van der Waals surface area contributed by atoms with Gasteiger partial charge < -0.3 is 10.1 Å². The third-order valence-corrected chi connectivity index (χ3v) is 2.73. The van der Waals surface area contributed by atoms with E-state index in [-0.39, 0.29) is 0 Å². The Morgan fingerprint density at radius 1 is 1.46 bits per heavy atom. The maximum Gasteiger partial charge on any atom is 0.0729 e. The first kappa shape index (κ1) is 9.31. The van der Waals surface area contributed by atoms with Crippen LogP contribution >= 0.6 is 27.5 Å². The van der Waals surface area contributed by atoms with Crippen molar-refractivity contribution in [1.82, 2.24) is 0 Å². The molecule has 0 saturated carbocycles. The molecule has 1 aromatic carbocycles. The molecule has 2 rings (SSSR count). The Morgan fingerprint density at radius 2 is 2.23 bits per heavy atom. The standard InChI is InChI=1S/C9H9BrClNO/c10-6-1-2-9(8(11)3-6)12-7-4-13-5-7/h1-3,7,12H,4-5H2. The minimum Gasteiger partial charge on any atom is -0.377 e. The molecule has 1 N–H and O–H groups in total. The van der Waals surface area contributed by atoms with E-state index in [0.717, 1.165) is 28.4 Å². The number of rotatable bonds is 2. The average Bonchev–Trinajstić information content (AvgIpc) is 1.99. The number of benzene rings is 1. The van der Waals surface area contributed by atoms with Crippen molar-refractivity contribution in [2.75, 3.05) is 18.5 Å². The van der Waals surface area contributed by atoms with Crippen molar-refractivity contribution in [3.05, 3.63) is 27.7 Å². The molecule has 13 heavy (non-hydrogen) atoms. The molecule has 0 aromatic heterocycles. The molecule has 0 amide bonds. The highest BCUT2D eigenvalue weighted by molar-refractivity contribution is 9.10. The zero-order valence-corrected chi connectivity index (χ0v) is 9.23. The fraction of sp³-hybridized carbons (Fsp3) is 0.333. The van der Waals surface area contributed by atoms with E-state index in [4.69, 9.17) is 16.3 Å². The molecule has 1 aromatic rings. The second-order valence-electron chi connectivity index (χ2n) is 3.00. The summed E-state index contributed by atoms with van der Waals surface area (Å²) in [5, 5.41) is 4.03. The molecule has 4 heteroatoms. The normalized spacial score (nSPS) is 16.8. The first-order chi connectivity index (χ1) is 6.25. The van der Waals surface area contributed by atoms with Crippen LogP contribution in [0.25, 0.3) is 0 Å². The van der Waals surface area contributed by atoms with E-state index >= 15 is 0 Å². The van der Waals surface area contributed by atoms with Crippen molar-refractivity contribution in [1.29, 1.82) is 0 Å². The second-order valence-corrected chi connectivity index (χ2v) is 4.33. The van der Waals surface area contributed by atoms with Crippen LogP contribution in [-0.2, 0) is 4.74 Å². The summed E-state index contributed by atoms with van der Waals surface area (Å²) in [6, 6.07) is 6.22. The maximum absolute atomic E-state index is 6.02. The topological polar surface area (TPSA) is 21.3 Å². The molecule has 0 bridgehead atoms. The van der Waals surface area contributed by atoms with Crippen molar-refractivity contribution in [3.8, 4) is 0 Å². The molecule has 1 aliphatic heterocycles. The lowest BCUT2D eigenvalue weighted by Gasteiger charge is -2.28. The Kier molecular flexibility index (Phi) is 2.77. The third kappa shape index (κ3) is 2.16. The molecule has 1 aliphatic rings. The Labute approximate surface area is 90.4 Å². The molecule has 1 saturated heterocycles. The summed E-state index contributed by atoms with van der Waals surface area (Å²) in [6.07, 6.45) is 0. The predicted octanol–water partition coefficient (Wildman–Crippen LogP) is 2.91. The zero-order chi connectivity index (χ0) is 9.26. The smallest absolute Gasteiger partial charge is 0.0729 e. The number of nitrogens with one attached hydrogen (secondary N) is 1. The first-order valence-corrected chi connectivity index (χ1v) is 5.22.